The van der Waals surface area contributed by atoms with Crippen molar-refractivity contribution in [3.8, 4) is 0 Å². The summed E-state index contributed by atoms with van der Waals surface area (Å²) in [5, 5.41) is 0.734. The Morgan fingerprint density at radius 1 is 1.47 bits per heavy atom. The van der Waals surface area contributed by atoms with E-state index in [1.165, 1.54) is 0 Å². The Hall–Kier alpha value is -0.640. The van der Waals surface area contributed by atoms with Crippen LogP contribution in [0.2, 0.25) is 0 Å². The molecule has 15 heavy (non-hydrogen) atoms. The molecule has 1 amide bonds. The number of rotatable bonds is 2. The van der Waals surface area contributed by atoms with Crippen molar-refractivity contribution < 1.29 is 4.79 Å². The van der Waals surface area contributed by atoms with Crippen LogP contribution >= 0.6 is 12.2 Å². The van der Waals surface area contributed by atoms with Crippen molar-refractivity contribution in [2.24, 2.45) is 0 Å². The lowest BCUT2D eigenvalue weighted by atomic mass is 9.75. The normalized spacial score (nSPS) is 24.3. The van der Waals surface area contributed by atoms with E-state index in [2.05, 4.69) is 11.8 Å². The van der Waals surface area contributed by atoms with E-state index in [0.717, 1.165) is 30.9 Å². The third-order valence-electron chi connectivity index (χ3n) is 3.58. The number of thiocarbonyl (C=S) groups is 1. The van der Waals surface area contributed by atoms with Gasteiger partial charge in [-0.1, -0.05) is 0 Å². The van der Waals surface area contributed by atoms with Crippen LogP contribution in [0.3, 0.4) is 0 Å². The number of amides is 1. The first-order chi connectivity index (χ1) is 7.04. The summed E-state index contributed by atoms with van der Waals surface area (Å²) >= 11 is 5.39. The van der Waals surface area contributed by atoms with Gasteiger partial charge in [-0.05, 0) is 52.3 Å². The molecule has 3 nitrogen and oxygen atoms in total. The van der Waals surface area contributed by atoms with Crippen molar-refractivity contribution in [3.05, 3.63) is 0 Å². The molecule has 4 heteroatoms. The maximum atomic E-state index is 12.3. The minimum Gasteiger partial charge on any atom is -0.334 e. The predicted molar refractivity (Wildman–Crippen MR) is 63.5 cm³/mol. The third-order valence-corrected chi connectivity index (χ3v) is 4.00. The van der Waals surface area contributed by atoms with Gasteiger partial charge in [-0.25, -0.2) is 0 Å². The summed E-state index contributed by atoms with van der Waals surface area (Å²) in [6.45, 7) is 6.96. The summed E-state index contributed by atoms with van der Waals surface area (Å²) in [5.74, 6) is 0.232. The highest BCUT2D eigenvalue weighted by Gasteiger charge is 2.58. The first kappa shape index (κ1) is 10.9. The van der Waals surface area contributed by atoms with E-state index in [1.807, 2.05) is 13.8 Å². The van der Waals surface area contributed by atoms with Gasteiger partial charge in [-0.15, -0.1) is 0 Å². The maximum Gasteiger partial charge on any atom is 0.254 e. The maximum absolute atomic E-state index is 12.3. The molecule has 1 saturated carbocycles. The molecule has 1 saturated heterocycles. The molecule has 1 spiro atoms. The second kappa shape index (κ2) is 3.44. The van der Waals surface area contributed by atoms with Gasteiger partial charge in [0.2, 0.25) is 0 Å². The van der Waals surface area contributed by atoms with E-state index in [4.69, 9.17) is 12.2 Å². The summed E-state index contributed by atoms with van der Waals surface area (Å²) in [7, 11) is 0. The van der Waals surface area contributed by atoms with Crippen molar-refractivity contribution in [3.63, 3.8) is 0 Å². The van der Waals surface area contributed by atoms with Gasteiger partial charge in [0, 0.05) is 12.6 Å². The van der Waals surface area contributed by atoms with E-state index in [-0.39, 0.29) is 17.5 Å². The van der Waals surface area contributed by atoms with Crippen LogP contribution in [0, 0.1) is 0 Å². The number of hydrogen-bond acceptors (Lipinski definition) is 2. The molecule has 0 aromatic carbocycles. The summed E-state index contributed by atoms with van der Waals surface area (Å²) in [6, 6.07) is 0.180. The second-order valence-corrected chi connectivity index (χ2v) is 5.05. The van der Waals surface area contributed by atoms with E-state index >= 15 is 0 Å². The molecule has 0 radical (unpaired) electrons. The molecule has 2 rings (SSSR count). The van der Waals surface area contributed by atoms with Gasteiger partial charge in [0.05, 0.1) is 0 Å². The zero-order chi connectivity index (χ0) is 11.2. The molecular weight excluding hydrogens is 208 g/mol. The molecular formula is C11H18N2OS. The predicted octanol–water partition coefficient (Wildman–Crippen LogP) is 1.77. The molecule has 0 N–H and O–H groups in total. The molecule has 0 bridgehead atoms. The van der Waals surface area contributed by atoms with Gasteiger partial charge in [-0.2, -0.15) is 0 Å². The Labute approximate surface area is 96.4 Å². The summed E-state index contributed by atoms with van der Waals surface area (Å²) < 4.78 is 0. The van der Waals surface area contributed by atoms with Crippen LogP contribution < -0.4 is 0 Å². The molecule has 1 aliphatic carbocycles. The van der Waals surface area contributed by atoms with Crippen LogP contribution in [-0.2, 0) is 4.79 Å². The topological polar surface area (TPSA) is 23.6 Å². The fourth-order valence-corrected chi connectivity index (χ4v) is 3.23. The van der Waals surface area contributed by atoms with Crippen LogP contribution in [0.4, 0.5) is 0 Å². The van der Waals surface area contributed by atoms with Gasteiger partial charge in [0.1, 0.15) is 5.54 Å². The van der Waals surface area contributed by atoms with Gasteiger partial charge < -0.3 is 4.90 Å². The Kier molecular flexibility index (Phi) is 2.49. The minimum atomic E-state index is -0.254. The van der Waals surface area contributed by atoms with Crippen molar-refractivity contribution in [1.29, 1.82) is 0 Å². The molecule has 0 aromatic heterocycles. The van der Waals surface area contributed by atoms with E-state index < -0.39 is 0 Å². The monoisotopic (exact) mass is 226 g/mol. The molecule has 0 unspecified atom stereocenters. The van der Waals surface area contributed by atoms with Crippen LogP contribution in [-0.4, -0.2) is 38.9 Å². The van der Waals surface area contributed by atoms with Crippen LogP contribution in [0.5, 0.6) is 0 Å². The van der Waals surface area contributed by atoms with Crippen LogP contribution in [0.25, 0.3) is 0 Å². The number of hydrogen-bond donors (Lipinski definition) is 0. The zero-order valence-corrected chi connectivity index (χ0v) is 10.4. The zero-order valence-electron chi connectivity index (χ0n) is 9.62. The molecule has 2 fully saturated rings. The Balaban J connectivity index is 2.35. The standard InChI is InChI=1S/C11H18N2OS/c1-4-12-10(15)13(8(2)3)9(14)11(12)6-5-7-11/h8H,4-7H2,1-3H3. The number of likely N-dealkylation sites (N-methyl/N-ethyl adjacent to an activating group) is 1. The van der Waals surface area contributed by atoms with Crippen molar-refractivity contribution >= 4 is 23.2 Å². The van der Waals surface area contributed by atoms with Gasteiger partial charge in [0.15, 0.2) is 5.11 Å². The molecule has 1 heterocycles. The van der Waals surface area contributed by atoms with Crippen molar-refractivity contribution in [2.75, 3.05) is 6.54 Å². The number of nitrogens with zero attached hydrogens (tertiary/aromatic N) is 2. The fourth-order valence-electron chi connectivity index (χ4n) is 2.63. The lowest BCUT2D eigenvalue weighted by Gasteiger charge is -2.42. The molecule has 0 atom stereocenters. The second-order valence-electron chi connectivity index (χ2n) is 4.68. The highest BCUT2D eigenvalue weighted by molar-refractivity contribution is 7.80. The average Bonchev–Trinajstić information content (AvgIpc) is 2.31. The number of carbonyl (C=O) groups excluding carboxylic acids is 1. The fraction of sp³-hybridized carbons (Fsp3) is 0.818. The first-order valence-electron chi connectivity index (χ1n) is 5.70. The Bertz CT molecular complexity index is 310. The molecule has 2 aliphatic rings. The van der Waals surface area contributed by atoms with Crippen molar-refractivity contribution in [1.82, 2.24) is 9.80 Å². The summed E-state index contributed by atoms with van der Waals surface area (Å²) in [4.78, 5) is 16.2. The third kappa shape index (κ3) is 1.24. The quantitative estimate of drug-likeness (QED) is 0.670. The summed E-state index contributed by atoms with van der Waals surface area (Å²) in [5.41, 5.74) is -0.254. The van der Waals surface area contributed by atoms with Gasteiger partial charge in [0.25, 0.3) is 5.91 Å². The van der Waals surface area contributed by atoms with E-state index in [0.29, 0.717) is 0 Å². The molecule has 84 valence electrons. The Morgan fingerprint density at radius 2 is 2.07 bits per heavy atom. The largest absolute Gasteiger partial charge is 0.334 e. The molecule has 0 aromatic rings. The van der Waals surface area contributed by atoms with Crippen LogP contribution in [0.1, 0.15) is 40.0 Å². The highest BCUT2D eigenvalue weighted by atomic mass is 32.1. The van der Waals surface area contributed by atoms with Crippen molar-refractivity contribution in [2.45, 2.75) is 51.6 Å². The SMILES string of the molecule is CCN1C(=S)N(C(C)C)C(=O)C12CCC2. The van der Waals surface area contributed by atoms with E-state index in [9.17, 15) is 4.79 Å². The minimum absolute atomic E-state index is 0.180. The number of carbonyl (C=O) groups is 1. The van der Waals surface area contributed by atoms with Gasteiger partial charge in [-0.3, -0.25) is 9.69 Å². The Morgan fingerprint density at radius 3 is 2.33 bits per heavy atom. The van der Waals surface area contributed by atoms with Gasteiger partial charge >= 0.3 is 0 Å². The highest BCUT2D eigenvalue weighted by Crippen LogP contribution is 2.44. The summed E-state index contributed by atoms with van der Waals surface area (Å²) in [6.07, 6.45) is 3.10. The van der Waals surface area contributed by atoms with Crippen LogP contribution in [0.15, 0.2) is 0 Å². The average molecular weight is 226 g/mol. The lowest BCUT2D eigenvalue weighted by molar-refractivity contribution is -0.138. The first-order valence-corrected chi connectivity index (χ1v) is 6.10. The van der Waals surface area contributed by atoms with E-state index in [1.54, 1.807) is 4.90 Å². The lowest BCUT2D eigenvalue weighted by Crippen LogP contribution is -2.54. The smallest absolute Gasteiger partial charge is 0.254 e. The molecule has 1 aliphatic heterocycles.